The molecule has 0 saturated carbocycles. The van der Waals surface area contributed by atoms with Gasteiger partial charge >= 0.3 is 5.97 Å². The maximum Gasteiger partial charge on any atom is 0.375 e. The summed E-state index contributed by atoms with van der Waals surface area (Å²) in [6, 6.07) is 16.0. The number of likely N-dealkylation sites (N-methyl/N-ethyl adjacent to an activating group) is 1. The number of rotatable bonds is 8. The predicted molar refractivity (Wildman–Crippen MR) is 126 cm³/mol. The summed E-state index contributed by atoms with van der Waals surface area (Å²) in [5, 5.41) is 0.718. The lowest BCUT2D eigenvalue weighted by molar-refractivity contribution is -0.141. The second kappa shape index (κ2) is 9.89. The van der Waals surface area contributed by atoms with E-state index >= 15 is 0 Å². The van der Waals surface area contributed by atoms with E-state index in [1.165, 1.54) is 11.8 Å². The summed E-state index contributed by atoms with van der Waals surface area (Å²) in [7, 11) is -3.16. The van der Waals surface area contributed by atoms with Crippen molar-refractivity contribution < 1.29 is 31.9 Å². The second-order valence-corrected chi connectivity index (χ2v) is 10.5. The Bertz CT molecular complexity index is 1280. The molecule has 1 saturated heterocycles. The maximum atomic E-state index is 13.1. The van der Waals surface area contributed by atoms with Crippen molar-refractivity contribution in [1.29, 1.82) is 0 Å². The van der Waals surface area contributed by atoms with Gasteiger partial charge < -0.3 is 18.8 Å². The van der Waals surface area contributed by atoms with Crippen molar-refractivity contribution in [3.8, 4) is 5.75 Å². The summed E-state index contributed by atoms with van der Waals surface area (Å²) in [4.78, 5) is 27.5. The molecular formula is C25H27NO7S. The van der Waals surface area contributed by atoms with Crippen LogP contribution in [0.5, 0.6) is 5.75 Å². The molecule has 1 amide bonds. The Morgan fingerprint density at radius 3 is 2.50 bits per heavy atom. The first-order chi connectivity index (χ1) is 16.3. The summed E-state index contributed by atoms with van der Waals surface area (Å²) in [5.74, 6) is -0.615. The normalized spacial score (nSPS) is 17.9. The first-order valence-electron chi connectivity index (χ1n) is 11.2. The topological polar surface area (TPSA) is 103 Å². The molecule has 1 aromatic heterocycles. The zero-order valence-corrected chi connectivity index (χ0v) is 19.9. The van der Waals surface area contributed by atoms with Gasteiger partial charge in [0.1, 0.15) is 17.9 Å². The third-order valence-corrected chi connectivity index (χ3v) is 7.66. The Hall–Kier alpha value is -3.33. The largest absolute Gasteiger partial charge is 0.489 e. The van der Waals surface area contributed by atoms with Gasteiger partial charge in [0.2, 0.25) is 5.76 Å². The number of benzene rings is 2. The quantitative estimate of drug-likeness (QED) is 0.449. The Morgan fingerprint density at radius 1 is 1.12 bits per heavy atom. The molecule has 8 nitrogen and oxygen atoms in total. The number of nitrogens with zero attached hydrogens (tertiary/aromatic N) is 1. The van der Waals surface area contributed by atoms with Gasteiger partial charge in [-0.2, -0.15) is 0 Å². The highest BCUT2D eigenvalue weighted by Crippen LogP contribution is 2.28. The number of para-hydroxylation sites is 2. The fourth-order valence-electron chi connectivity index (χ4n) is 4.19. The third-order valence-electron chi connectivity index (χ3n) is 5.91. The molecule has 0 radical (unpaired) electrons. The number of ether oxygens (including phenoxy) is 2. The minimum atomic E-state index is -3.16. The summed E-state index contributed by atoms with van der Waals surface area (Å²) < 4.78 is 40.8. The molecule has 1 aliphatic heterocycles. The van der Waals surface area contributed by atoms with Gasteiger partial charge in [-0.1, -0.05) is 36.4 Å². The minimum Gasteiger partial charge on any atom is -0.489 e. The molecular weight excluding hydrogens is 458 g/mol. The number of sulfone groups is 1. The number of hydrogen-bond acceptors (Lipinski definition) is 7. The van der Waals surface area contributed by atoms with Crippen LogP contribution in [0.1, 0.15) is 36.4 Å². The summed E-state index contributed by atoms with van der Waals surface area (Å²) in [5.41, 5.74) is 1.03. The van der Waals surface area contributed by atoms with Gasteiger partial charge in [-0.15, -0.1) is 0 Å². The van der Waals surface area contributed by atoms with Gasteiger partial charge in [0, 0.05) is 18.0 Å². The molecule has 1 aliphatic rings. The molecule has 0 unspecified atom stereocenters. The molecule has 180 valence electrons. The van der Waals surface area contributed by atoms with Gasteiger partial charge in [-0.25, -0.2) is 13.2 Å². The van der Waals surface area contributed by atoms with Crippen LogP contribution in [0, 0.1) is 0 Å². The molecule has 2 atom stereocenters. The van der Waals surface area contributed by atoms with Crippen molar-refractivity contribution in [2.75, 3.05) is 18.1 Å². The van der Waals surface area contributed by atoms with Crippen LogP contribution in [0.15, 0.2) is 59.0 Å². The van der Waals surface area contributed by atoms with Gasteiger partial charge in [-0.05, 0) is 38.5 Å². The van der Waals surface area contributed by atoms with Crippen molar-refractivity contribution in [3.05, 3.63) is 65.9 Å². The smallest absolute Gasteiger partial charge is 0.375 e. The van der Waals surface area contributed by atoms with Crippen LogP contribution in [0.2, 0.25) is 0 Å². The van der Waals surface area contributed by atoms with Crippen molar-refractivity contribution >= 4 is 32.7 Å². The highest BCUT2D eigenvalue weighted by Gasteiger charge is 2.36. The van der Waals surface area contributed by atoms with Crippen molar-refractivity contribution in [2.24, 2.45) is 0 Å². The standard InChI is InChI=1S/C25H27NO7S/c1-3-26(18-13-14-34(29,30)16-18)24(27)17(2)32-25(28)23-21(15-31-19-9-5-4-6-10-19)20-11-7-8-12-22(20)33-23/h4-12,17-18H,3,13-16H2,1-2H3/t17-,18-/m0/s1. The molecule has 2 heterocycles. The molecule has 9 heteroatoms. The monoisotopic (exact) mass is 485 g/mol. The van der Waals surface area contributed by atoms with E-state index in [1.807, 2.05) is 42.5 Å². The number of hydrogen-bond donors (Lipinski definition) is 0. The average Bonchev–Trinajstić information content (AvgIpc) is 3.38. The van der Waals surface area contributed by atoms with Crippen LogP contribution in [0.25, 0.3) is 11.0 Å². The molecule has 0 aliphatic carbocycles. The van der Waals surface area contributed by atoms with Crippen molar-refractivity contribution in [1.82, 2.24) is 4.90 Å². The molecule has 0 bridgehead atoms. The first-order valence-corrected chi connectivity index (χ1v) is 13.0. The van der Waals surface area contributed by atoms with E-state index in [2.05, 4.69) is 0 Å². The van der Waals surface area contributed by atoms with Crippen LogP contribution in [-0.4, -0.2) is 55.4 Å². The van der Waals surface area contributed by atoms with Crippen LogP contribution in [0.3, 0.4) is 0 Å². The molecule has 3 aromatic rings. The number of amides is 1. The summed E-state index contributed by atoms with van der Waals surface area (Å²) >= 11 is 0. The minimum absolute atomic E-state index is 0.0247. The maximum absolute atomic E-state index is 13.1. The lowest BCUT2D eigenvalue weighted by Gasteiger charge is -2.29. The zero-order chi connectivity index (χ0) is 24.3. The lowest BCUT2D eigenvalue weighted by Crippen LogP contribution is -2.46. The molecule has 0 spiro atoms. The van der Waals surface area contributed by atoms with E-state index in [1.54, 1.807) is 19.1 Å². The highest BCUT2D eigenvalue weighted by molar-refractivity contribution is 7.91. The van der Waals surface area contributed by atoms with Gasteiger partial charge in [-0.3, -0.25) is 4.79 Å². The second-order valence-electron chi connectivity index (χ2n) is 8.24. The van der Waals surface area contributed by atoms with Crippen molar-refractivity contribution in [2.45, 2.75) is 39.0 Å². The Labute approximate surface area is 198 Å². The number of furan rings is 1. The molecule has 1 fully saturated rings. The van der Waals surface area contributed by atoms with E-state index in [0.29, 0.717) is 29.9 Å². The van der Waals surface area contributed by atoms with E-state index in [9.17, 15) is 18.0 Å². The average molecular weight is 486 g/mol. The SMILES string of the molecule is CCN(C(=O)[C@H](C)OC(=O)c1oc2ccccc2c1COc1ccccc1)[C@H]1CCS(=O)(=O)C1. The Balaban J connectivity index is 1.52. The van der Waals surface area contributed by atoms with Crippen LogP contribution >= 0.6 is 0 Å². The number of carbonyl (C=O) groups is 2. The molecule has 0 N–H and O–H groups in total. The van der Waals surface area contributed by atoms with Crippen LogP contribution in [0.4, 0.5) is 0 Å². The lowest BCUT2D eigenvalue weighted by atomic mass is 10.1. The van der Waals surface area contributed by atoms with Gasteiger partial charge in [0.05, 0.1) is 17.1 Å². The van der Waals surface area contributed by atoms with E-state index in [4.69, 9.17) is 13.9 Å². The van der Waals surface area contributed by atoms with E-state index in [0.717, 1.165) is 5.39 Å². The molecule has 4 rings (SSSR count). The number of esters is 1. The van der Waals surface area contributed by atoms with E-state index < -0.39 is 33.9 Å². The summed E-state index contributed by atoms with van der Waals surface area (Å²) in [6.07, 6.45) is -0.723. The molecule has 34 heavy (non-hydrogen) atoms. The van der Waals surface area contributed by atoms with Crippen molar-refractivity contribution in [3.63, 3.8) is 0 Å². The molecule has 2 aromatic carbocycles. The van der Waals surface area contributed by atoms with Gasteiger partial charge in [0.15, 0.2) is 15.9 Å². The van der Waals surface area contributed by atoms with E-state index in [-0.39, 0.29) is 23.9 Å². The third kappa shape index (κ3) is 5.09. The first kappa shape index (κ1) is 23.8. The number of fused-ring (bicyclic) bond motifs is 1. The number of carbonyl (C=O) groups excluding carboxylic acids is 2. The van der Waals surface area contributed by atoms with Crippen LogP contribution in [-0.2, 0) is 26.0 Å². The highest BCUT2D eigenvalue weighted by atomic mass is 32.2. The Kier molecular flexibility index (Phi) is 6.92. The zero-order valence-electron chi connectivity index (χ0n) is 19.1. The predicted octanol–water partition coefficient (Wildman–Crippen LogP) is 3.59. The summed E-state index contributed by atoms with van der Waals surface area (Å²) in [6.45, 7) is 3.65. The Morgan fingerprint density at radius 2 is 1.82 bits per heavy atom. The fraction of sp³-hybridized carbons (Fsp3) is 0.360. The van der Waals surface area contributed by atoms with Crippen LogP contribution < -0.4 is 4.74 Å². The van der Waals surface area contributed by atoms with Gasteiger partial charge in [0.25, 0.3) is 5.91 Å². The fourth-order valence-corrected chi connectivity index (χ4v) is 5.92.